The first-order chi connectivity index (χ1) is 12.3. The zero-order valence-corrected chi connectivity index (χ0v) is 13.7. The molecule has 2 aromatic rings. The third-order valence-electron chi connectivity index (χ3n) is 3.64. The quantitative estimate of drug-likeness (QED) is 0.371. The summed E-state index contributed by atoms with van der Waals surface area (Å²) >= 11 is 0. The van der Waals surface area contributed by atoms with Crippen molar-refractivity contribution >= 4 is 11.5 Å². The number of alkyl halides is 3. The Morgan fingerprint density at radius 2 is 1.92 bits per heavy atom. The van der Waals surface area contributed by atoms with Crippen molar-refractivity contribution in [3.63, 3.8) is 0 Å². The molecular weight excluding hydrogens is 355 g/mol. The van der Waals surface area contributed by atoms with E-state index in [1.165, 1.54) is 18.2 Å². The third-order valence-corrected chi connectivity index (χ3v) is 3.64. The minimum absolute atomic E-state index is 0.0812. The number of unbranched alkanes of at least 4 members (excludes halogenated alkanes) is 3. The number of hydrogen-bond acceptors (Lipinski definition) is 6. The molecule has 2 rings (SSSR count). The molecule has 0 saturated heterocycles. The van der Waals surface area contributed by atoms with Crippen LogP contribution in [0.4, 0.5) is 18.9 Å². The minimum Gasteiger partial charge on any atom is -0.339 e. The topological polar surface area (TPSA) is 99.1 Å². The van der Waals surface area contributed by atoms with Crippen LogP contribution in [-0.4, -0.2) is 27.0 Å². The number of aryl methyl sites for hydroxylation is 1. The summed E-state index contributed by atoms with van der Waals surface area (Å²) in [6, 6.07) is 5.84. The van der Waals surface area contributed by atoms with E-state index in [1.807, 2.05) is 0 Å². The molecule has 140 valence electrons. The van der Waals surface area contributed by atoms with Crippen LogP contribution in [0.5, 0.6) is 0 Å². The lowest BCUT2D eigenvalue weighted by Crippen LogP contribution is -2.22. The average molecular weight is 371 g/mol. The van der Waals surface area contributed by atoms with Crippen molar-refractivity contribution in [3.8, 4) is 11.4 Å². The van der Waals surface area contributed by atoms with E-state index in [0.29, 0.717) is 37.1 Å². The Balaban J connectivity index is 1.76. The second kappa shape index (κ2) is 8.54. The predicted octanol–water partition coefficient (Wildman–Crippen LogP) is 4.27. The Hall–Kier alpha value is -2.78. The molecule has 0 fully saturated rings. The fraction of sp³-hybridized carbons (Fsp3) is 0.438. The Morgan fingerprint density at radius 3 is 2.62 bits per heavy atom. The van der Waals surface area contributed by atoms with Crippen LogP contribution in [0, 0.1) is 10.1 Å². The summed E-state index contributed by atoms with van der Waals surface area (Å²) in [4.78, 5) is 25.1. The van der Waals surface area contributed by atoms with E-state index in [0.717, 1.165) is 0 Å². The molecule has 10 heteroatoms. The summed E-state index contributed by atoms with van der Waals surface area (Å²) in [5, 5.41) is 14.5. The fourth-order valence-corrected chi connectivity index (χ4v) is 2.29. The van der Waals surface area contributed by atoms with Gasteiger partial charge in [0, 0.05) is 30.5 Å². The van der Waals surface area contributed by atoms with Crippen LogP contribution in [0.2, 0.25) is 0 Å². The molecule has 1 heterocycles. The first-order valence-electron chi connectivity index (χ1n) is 7.95. The smallest absolute Gasteiger partial charge is 0.339 e. The summed E-state index contributed by atoms with van der Waals surface area (Å²) in [5.74, 6) is -1.12. The molecule has 0 bridgehead atoms. The van der Waals surface area contributed by atoms with Gasteiger partial charge in [-0.05, 0) is 12.8 Å². The lowest BCUT2D eigenvalue weighted by molar-refractivity contribution is -0.384. The van der Waals surface area contributed by atoms with Gasteiger partial charge in [-0.25, -0.2) is 0 Å². The van der Waals surface area contributed by atoms with Gasteiger partial charge in [0.2, 0.25) is 17.5 Å². The van der Waals surface area contributed by atoms with Gasteiger partial charge in [0.1, 0.15) is 0 Å². The van der Waals surface area contributed by atoms with Gasteiger partial charge < -0.3 is 4.52 Å². The molecule has 0 spiro atoms. The summed E-state index contributed by atoms with van der Waals surface area (Å²) in [6.45, 7) is 0. The maximum absolute atomic E-state index is 12.0. The van der Waals surface area contributed by atoms with E-state index >= 15 is 0 Å². The molecule has 7 nitrogen and oxygen atoms in total. The number of aromatic nitrogens is 2. The highest BCUT2D eigenvalue weighted by Gasteiger charge is 2.36. The SMILES string of the molecule is O=C(CCCCCCc1nc(-c2cccc([N+](=O)[O-])c2)no1)C(F)(F)F. The molecule has 0 aliphatic carbocycles. The van der Waals surface area contributed by atoms with Gasteiger partial charge >= 0.3 is 6.18 Å². The van der Waals surface area contributed by atoms with Gasteiger partial charge in [-0.15, -0.1) is 0 Å². The van der Waals surface area contributed by atoms with Crippen LogP contribution in [-0.2, 0) is 11.2 Å². The number of halogens is 3. The van der Waals surface area contributed by atoms with E-state index in [9.17, 15) is 28.1 Å². The summed E-state index contributed by atoms with van der Waals surface area (Å²) in [6.07, 6.45) is -2.89. The van der Waals surface area contributed by atoms with Crippen molar-refractivity contribution in [2.75, 3.05) is 0 Å². The maximum atomic E-state index is 12.0. The number of benzene rings is 1. The molecule has 0 saturated carbocycles. The standard InChI is InChI=1S/C16H16F3N3O4/c17-16(18,19)13(23)8-3-1-2-4-9-14-20-15(21-26-14)11-6-5-7-12(10-11)22(24)25/h5-7,10H,1-4,8-9H2. The summed E-state index contributed by atoms with van der Waals surface area (Å²) in [7, 11) is 0. The molecule has 0 N–H and O–H groups in total. The van der Waals surface area contributed by atoms with Gasteiger partial charge in [0.25, 0.3) is 5.69 Å². The molecule has 1 aromatic heterocycles. The second-order valence-corrected chi connectivity index (χ2v) is 5.65. The number of carbonyl (C=O) groups excluding carboxylic acids is 1. The normalized spacial score (nSPS) is 11.5. The molecule has 0 aliphatic rings. The van der Waals surface area contributed by atoms with Crippen LogP contribution < -0.4 is 0 Å². The molecule has 0 aliphatic heterocycles. The molecule has 0 atom stereocenters. The van der Waals surface area contributed by atoms with E-state index < -0.39 is 23.3 Å². The highest BCUT2D eigenvalue weighted by molar-refractivity contribution is 5.83. The summed E-state index contributed by atoms with van der Waals surface area (Å²) < 4.78 is 41.2. The largest absolute Gasteiger partial charge is 0.449 e. The Kier molecular flexibility index (Phi) is 6.42. The van der Waals surface area contributed by atoms with Gasteiger partial charge in [0.15, 0.2) is 0 Å². The lowest BCUT2D eigenvalue weighted by atomic mass is 10.1. The van der Waals surface area contributed by atoms with E-state index in [-0.39, 0.29) is 17.9 Å². The Bertz CT molecular complexity index is 774. The van der Waals surface area contributed by atoms with Crippen LogP contribution in [0.3, 0.4) is 0 Å². The average Bonchev–Trinajstić information content (AvgIpc) is 3.06. The summed E-state index contributed by atoms with van der Waals surface area (Å²) in [5.41, 5.74) is 0.377. The van der Waals surface area contributed by atoms with Crippen LogP contribution >= 0.6 is 0 Å². The fourth-order valence-electron chi connectivity index (χ4n) is 2.29. The van der Waals surface area contributed by atoms with E-state index in [4.69, 9.17) is 4.52 Å². The van der Waals surface area contributed by atoms with Crippen molar-refractivity contribution in [1.82, 2.24) is 10.1 Å². The number of Topliss-reactive ketones (excluding diaryl/α,β-unsaturated/α-hetero) is 1. The zero-order chi connectivity index (χ0) is 19.2. The monoisotopic (exact) mass is 371 g/mol. The van der Waals surface area contributed by atoms with Crippen LogP contribution in [0.15, 0.2) is 28.8 Å². The van der Waals surface area contributed by atoms with Crippen LogP contribution in [0.25, 0.3) is 11.4 Å². The molecular formula is C16H16F3N3O4. The van der Waals surface area contributed by atoms with Gasteiger partial charge in [-0.1, -0.05) is 30.1 Å². The van der Waals surface area contributed by atoms with Crippen molar-refractivity contribution < 1.29 is 27.4 Å². The molecule has 0 amide bonds. The Morgan fingerprint density at radius 1 is 1.19 bits per heavy atom. The highest BCUT2D eigenvalue weighted by atomic mass is 19.4. The first kappa shape index (κ1) is 19.5. The van der Waals surface area contributed by atoms with Crippen molar-refractivity contribution in [3.05, 3.63) is 40.3 Å². The van der Waals surface area contributed by atoms with Crippen molar-refractivity contribution in [2.24, 2.45) is 0 Å². The number of carbonyl (C=O) groups is 1. The number of nitro groups is 1. The van der Waals surface area contributed by atoms with Gasteiger partial charge in [-0.3, -0.25) is 14.9 Å². The number of nitrogens with zero attached hydrogens (tertiary/aromatic N) is 3. The van der Waals surface area contributed by atoms with Crippen molar-refractivity contribution in [1.29, 1.82) is 0 Å². The number of non-ortho nitro benzene ring substituents is 1. The molecule has 0 unspecified atom stereocenters. The number of hydrogen-bond donors (Lipinski definition) is 0. The second-order valence-electron chi connectivity index (χ2n) is 5.65. The molecule has 1 aromatic carbocycles. The lowest BCUT2D eigenvalue weighted by Gasteiger charge is -2.04. The minimum atomic E-state index is -4.76. The van der Waals surface area contributed by atoms with Crippen molar-refractivity contribution in [2.45, 2.75) is 44.7 Å². The van der Waals surface area contributed by atoms with E-state index in [2.05, 4.69) is 10.1 Å². The predicted molar refractivity (Wildman–Crippen MR) is 84.2 cm³/mol. The first-order valence-corrected chi connectivity index (χ1v) is 7.95. The molecule has 26 heavy (non-hydrogen) atoms. The third kappa shape index (κ3) is 5.64. The van der Waals surface area contributed by atoms with Crippen LogP contribution in [0.1, 0.15) is 38.0 Å². The highest BCUT2D eigenvalue weighted by Crippen LogP contribution is 2.22. The number of nitro benzene ring substituents is 1. The van der Waals surface area contributed by atoms with E-state index in [1.54, 1.807) is 6.07 Å². The van der Waals surface area contributed by atoms with Gasteiger partial charge in [0.05, 0.1) is 4.92 Å². The van der Waals surface area contributed by atoms with Gasteiger partial charge in [-0.2, -0.15) is 18.2 Å². The zero-order valence-electron chi connectivity index (χ0n) is 13.7. The Labute approximate surface area is 146 Å². The number of rotatable bonds is 9. The maximum Gasteiger partial charge on any atom is 0.449 e. The molecule has 0 radical (unpaired) electrons. The number of ketones is 1.